The van der Waals surface area contributed by atoms with E-state index >= 15 is 0 Å². The number of ether oxygens (including phenoxy) is 1. The van der Waals surface area contributed by atoms with Crippen LogP contribution in [0, 0.1) is 0 Å². The first-order chi connectivity index (χ1) is 18.7. The highest BCUT2D eigenvalue weighted by atomic mass is 35.5. The van der Waals surface area contributed by atoms with Gasteiger partial charge in [0.25, 0.3) is 11.7 Å². The number of rotatable bonds is 5. The molecule has 2 aliphatic rings. The summed E-state index contributed by atoms with van der Waals surface area (Å²) in [6.07, 6.45) is 0. The first kappa shape index (κ1) is 25.9. The van der Waals surface area contributed by atoms with Crippen LogP contribution in [-0.4, -0.2) is 40.8 Å². The first-order valence-electron chi connectivity index (χ1n) is 12.2. The number of carbonyl (C=O) groups is 4. The Morgan fingerprint density at radius 1 is 0.897 bits per heavy atom. The number of hydrogen-bond donors (Lipinski definition) is 1. The largest absolute Gasteiger partial charge is 0.507 e. The van der Waals surface area contributed by atoms with Gasteiger partial charge in [0, 0.05) is 27.7 Å². The van der Waals surface area contributed by atoms with Crippen molar-refractivity contribution in [1.29, 1.82) is 0 Å². The Morgan fingerprint density at radius 2 is 1.49 bits per heavy atom. The number of para-hydroxylation sites is 1. The minimum atomic E-state index is -2.34. The number of nitrogens with zero attached hydrogens (tertiary/aromatic N) is 2. The molecule has 2 heterocycles. The molecule has 3 aromatic rings. The zero-order valence-corrected chi connectivity index (χ0v) is 21.8. The Hall–Kier alpha value is -4.69. The average molecular weight is 543 g/mol. The molecule has 0 saturated carbocycles. The van der Waals surface area contributed by atoms with E-state index in [1.807, 2.05) is 0 Å². The predicted molar refractivity (Wildman–Crippen MR) is 146 cm³/mol. The highest BCUT2D eigenvalue weighted by Gasteiger charge is 2.70. The number of esters is 1. The van der Waals surface area contributed by atoms with E-state index in [0.717, 1.165) is 4.90 Å². The number of benzene rings is 3. The molecule has 5 rings (SSSR count). The fourth-order valence-electron chi connectivity index (χ4n) is 5.18. The predicted octanol–water partition coefficient (Wildman–Crippen LogP) is 4.85. The maximum atomic E-state index is 14.7. The van der Waals surface area contributed by atoms with E-state index in [2.05, 4.69) is 0 Å². The van der Waals surface area contributed by atoms with Crippen LogP contribution in [0.3, 0.4) is 0 Å². The third-order valence-corrected chi connectivity index (χ3v) is 7.01. The van der Waals surface area contributed by atoms with Crippen LogP contribution in [0.15, 0.2) is 102 Å². The number of anilines is 2. The molecule has 39 heavy (non-hydrogen) atoms. The monoisotopic (exact) mass is 542 g/mol. The van der Waals surface area contributed by atoms with E-state index in [0.29, 0.717) is 10.7 Å². The van der Waals surface area contributed by atoms with E-state index in [1.165, 1.54) is 24.0 Å². The van der Waals surface area contributed by atoms with Gasteiger partial charge in [0.1, 0.15) is 5.76 Å². The second kappa shape index (κ2) is 9.89. The molecule has 8 nitrogen and oxygen atoms in total. The lowest BCUT2D eigenvalue weighted by atomic mass is 9.80. The maximum Gasteiger partial charge on any atom is 0.339 e. The van der Waals surface area contributed by atoms with Crippen LogP contribution in [0.25, 0.3) is 5.76 Å². The van der Waals surface area contributed by atoms with Crippen LogP contribution in [0.1, 0.15) is 19.4 Å². The number of hydrogen-bond acceptors (Lipinski definition) is 6. The van der Waals surface area contributed by atoms with E-state index in [1.54, 1.807) is 79.7 Å². The minimum Gasteiger partial charge on any atom is -0.507 e. The summed E-state index contributed by atoms with van der Waals surface area (Å²) in [6.45, 7) is 3.10. The lowest BCUT2D eigenvalue weighted by molar-refractivity contribution is -0.140. The number of allylic oxidation sites excluding steroid dienone is 1. The molecule has 196 valence electrons. The van der Waals surface area contributed by atoms with Crippen LogP contribution in [-0.2, 0) is 23.9 Å². The summed E-state index contributed by atoms with van der Waals surface area (Å²) in [4.78, 5) is 58.1. The number of halogens is 1. The van der Waals surface area contributed by atoms with Crippen molar-refractivity contribution in [1.82, 2.24) is 0 Å². The van der Waals surface area contributed by atoms with Crippen LogP contribution in [0.2, 0.25) is 5.02 Å². The first-order valence-corrected chi connectivity index (χ1v) is 12.5. The van der Waals surface area contributed by atoms with Crippen molar-refractivity contribution in [2.24, 2.45) is 0 Å². The van der Waals surface area contributed by atoms with Crippen molar-refractivity contribution < 1.29 is 29.0 Å². The van der Waals surface area contributed by atoms with Gasteiger partial charge >= 0.3 is 11.9 Å². The number of ketones is 1. The normalized spacial score (nSPS) is 20.3. The molecule has 2 aliphatic heterocycles. The quantitative estimate of drug-likeness (QED) is 0.214. The topological polar surface area (TPSA) is 104 Å². The number of Topliss-reactive ketones (excluding diaryl/α,β-unsaturated/α-hetero) is 1. The number of amides is 2. The summed E-state index contributed by atoms with van der Waals surface area (Å²) in [7, 11) is 0. The third kappa shape index (κ3) is 3.83. The van der Waals surface area contributed by atoms with Crippen molar-refractivity contribution in [2.45, 2.75) is 19.4 Å². The molecular formula is C30H23ClN2O6. The number of carbonyl (C=O) groups excluding carboxylic acids is 4. The summed E-state index contributed by atoms with van der Waals surface area (Å²) in [5, 5.41) is 12.0. The maximum absolute atomic E-state index is 14.7. The number of aliphatic hydroxyl groups is 1. The zero-order valence-electron chi connectivity index (χ0n) is 21.1. The summed E-state index contributed by atoms with van der Waals surface area (Å²) in [5.74, 6) is -4.47. The lowest BCUT2D eigenvalue weighted by Gasteiger charge is -2.35. The molecular weight excluding hydrogens is 520 g/mol. The van der Waals surface area contributed by atoms with Gasteiger partial charge in [0.05, 0.1) is 17.8 Å². The molecule has 1 N–H and O–H groups in total. The summed E-state index contributed by atoms with van der Waals surface area (Å²) >= 11 is 6.08. The molecule has 1 saturated heterocycles. The fraction of sp³-hybridized carbons (Fsp3) is 0.133. The SMILES string of the molecule is CCOC(=O)C1=C(C)N(c2ccc(Cl)cc2)C(=O)C12/C(=C(\O)c1ccccc1)C(=O)C(=O)N2c1ccccc1. The van der Waals surface area contributed by atoms with Gasteiger partial charge in [0.2, 0.25) is 0 Å². The lowest BCUT2D eigenvalue weighted by Crippen LogP contribution is -2.57. The van der Waals surface area contributed by atoms with Crippen molar-refractivity contribution in [2.75, 3.05) is 16.4 Å². The van der Waals surface area contributed by atoms with Crippen LogP contribution >= 0.6 is 11.6 Å². The van der Waals surface area contributed by atoms with Gasteiger partial charge in [-0.15, -0.1) is 0 Å². The van der Waals surface area contributed by atoms with E-state index in [9.17, 15) is 24.3 Å². The minimum absolute atomic E-state index is 0.0300. The molecule has 0 aliphatic carbocycles. The zero-order chi connectivity index (χ0) is 27.9. The summed E-state index contributed by atoms with van der Waals surface area (Å²) in [5.41, 5.74) is -2.24. The molecule has 1 spiro atoms. The van der Waals surface area contributed by atoms with E-state index in [-0.39, 0.29) is 29.1 Å². The molecule has 9 heteroatoms. The Bertz CT molecular complexity index is 1560. The van der Waals surface area contributed by atoms with Crippen molar-refractivity contribution >= 4 is 52.3 Å². The van der Waals surface area contributed by atoms with Crippen molar-refractivity contribution in [3.63, 3.8) is 0 Å². The number of aliphatic hydroxyl groups excluding tert-OH is 1. The van der Waals surface area contributed by atoms with Crippen LogP contribution in [0.4, 0.5) is 11.4 Å². The van der Waals surface area contributed by atoms with Gasteiger partial charge in [-0.2, -0.15) is 0 Å². The van der Waals surface area contributed by atoms with E-state index in [4.69, 9.17) is 16.3 Å². The third-order valence-electron chi connectivity index (χ3n) is 6.76. The molecule has 3 aromatic carbocycles. The van der Waals surface area contributed by atoms with Crippen molar-refractivity contribution in [3.05, 3.63) is 112 Å². The standard InChI is InChI=1S/C30H23ClN2O6/c1-3-39-28(37)23-18(2)32(21-16-14-20(31)15-17-21)29(38)30(23)24(25(34)19-10-6-4-7-11-19)26(35)27(36)33(30)22-12-8-5-9-13-22/h4-17,34H,3H2,1-2H3/b25-24-. The second-order valence-electron chi connectivity index (χ2n) is 8.90. The Balaban J connectivity index is 1.91. The van der Waals surface area contributed by atoms with Gasteiger partial charge in [-0.05, 0) is 50.2 Å². The van der Waals surface area contributed by atoms with Gasteiger partial charge in [-0.1, -0.05) is 60.1 Å². The molecule has 1 atom stereocenters. The molecule has 0 radical (unpaired) electrons. The van der Waals surface area contributed by atoms with Gasteiger partial charge in [-0.3, -0.25) is 24.2 Å². The van der Waals surface area contributed by atoms with Crippen LogP contribution < -0.4 is 9.80 Å². The Labute approximate surface area is 229 Å². The van der Waals surface area contributed by atoms with Crippen LogP contribution in [0.5, 0.6) is 0 Å². The highest BCUT2D eigenvalue weighted by Crippen LogP contribution is 2.52. The average Bonchev–Trinajstić information content (AvgIpc) is 3.30. The Kier molecular flexibility index (Phi) is 6.57. The second-order valence-corrected chi connectivity index (χ2v) is 9.34. The smallest absolute Gasteiger partial charge is 0.339 e. The van der Waals surface area contributed by atoms with Gasteiger partial charge in [0.15, 0.2) is 5.54 Å². The summed E-state index contributed by atoms with van der Waals surface area (Å²) < 4.78 is 5.37. The molecule has 1 fully saturated rings. The molecule has 0 bridgehead atoms. The molecule has 2 amide bonds. The fourth-order valence-corrected chi connectivity index (χ4v) is 5.30. The van der Waals surface area contributed by atoms with Gasteiger partial charge in [-0.25, -0.2) is 4.79 Å². The van der Waals surface area contributed by atoms with E-state index < -0.39 is 40.4 Å². The highest BCUT2D eigenvalue weighted by molar-refractivity contribution is 6.56. The van der Waals surface area contributed by atoms with Crippen molar-refractivity contribution in [3.8, 4) is 0 Å². The summed E-state index contributed by atoms with van der Waals surface area (Å²) in [6, 6.07) is 22.4. The van der Waals surface area contributed by atoms with Gasteiger partial charge < -0.3 is 9.84 Å². The molecule has 0 aromatic heterocycles. The molecule has 1 unspecified atom stereocenters. The Morgan fingerprint density at radius 3 is 2.08 bits per heavy atom.